The van der Waals surface area contributed by atoms with Crippen LogP contribution in [-0.4, -0.2) is 52.8 Å². The van der Waals surface area contributed by atoms with E-state index >= 15 is 0 Å². The number of ether oxygens (including phenoxy) is 1. The zero-order valence-corrected chi connectivity index (χ0v) is 14.5. The summed E-state index contributed by atoms with van der Waals surface area (Å²) < 4.78 is 11.1. The third kappa shape index (κ3) is 3.58. The molecule has 0 bridgehead atoms. The van der Waals surface area contributed by atoms with Crippen LogP contribution in [0.15, 0.2) is 4.52 Å². The number of amides is 1. The second-order valence-electron chi connectivity index (χ2n) is 6.95. The molecule has 3 aliphatic rings. The fraction of sp³-hybridized carbons (Fsp3) is 0.812. The SMILES string of the molecule is Cl.NC[C@H]1CC[C@@H](C(=O)N2CCCC(c3noc(C4CC4)n3)C2)O1. The van der Waals surface area contributed by atoms with Gasteiger partial charge in [-0.1, -0.05) is 5.16 Å². The summed E-state index contributed by atoms with van der Waals surface area (Å²) in [4.78, 5) is 19.1. The van der Waals surface area contributed by atoms with Crippen LogP contribution in [0.2, 0.25) is 0 Å². The van der Waals surface area contributed by atoms with E-state index in [1.165, 1.54) is 0 Å². The summed E-state index contributed by atoms with van der Waals surface area (Å²) in [7, 11) is 0. The first-order valence-electron chi connectivity index (χ1n) is 8.72. The number of halogens is 1. The van der Waals surface area contributed by atoms with Gasteiger partial charge in [0.1, 0.15) is 6.10 Å². The lowest BCUT2D eigenvalue weighted by atomic mass is 9.96. The van der Waals surface area contributed by atoms with E-state index in [0.717, 1.165) is 56.8 Å². The fourth-order valence-electron chi connectivity index (χ4n) is 3.56. The Kier molecular flexibility index (Phi) is 5.42. The van der Waals surface area contributed by atoms with Gasteiger partial charge in [0, 0.05) is 31.5 Å². The molecule has 1 aromatic heterocycles. The first kappa shape index (κ1) is 17.6. The summed E-state index contributed by atoms with van der Waals surface area (Å²) in [5.74, 6) is 2.27. The summed E-state index contributed by atoms with van der Waals surface area (Å²) in [5.41, 5.74) is 5.63. The Morgan fingerprint density at radius 1 is 1.21 bits per heavy atom. The number of likely N-dealkylation sites (tertiary alicyclic amines) is 1. The Bertz CT molecular complexity index is 577. The van der Waals surface area contributed by atoms with Crippen LogP contribution in [0.5, 0.6) is 0 Å². The molecule has 2 saturated heterocycles. The van der Waals surface area contributed by atoms with Crippen molar-refractivity contribution >= 4 is 18.3 Å². The molecular weight excluding hydrogens is 332 g/mol. The van der Waals surface area contributed by atoms with Crippen molar-refractivity contribution in [1.82, 2.24) is 15.0 Å². The number of aromatic nitrogens is 2. The van der Waals surface area contributed by atoms with Crippen LogP contribution >= 0.6 is 12.4 Å². The number of carbonyl (C=O) groups excluding carboxylic acids is 1. The van der Waals surface area contributed by atoms with Gasteiger partial charge in [-0.15, -0.1) is 12.4 Å². The van der Waals surface area contributed by atoms with Crippen LogP contribution < -0.4 is 5.73 Å². The third-order valence-corrected chi connectivity index (χ3v) is 5.13. The molecule has 8 heteroatoms. The van der Waals surface area contributed by atoms with E-state index in [9.17, 15) is 4.79 Å². The molecule has 3 fully saturated rings. The fourth-order valence-corrected chi connectivity index (χ4v) is 3.56. The van der Waals surface area contributed by atoms with Crippen molar-refractivity contribution < 1.29 is 14.1 Å². The number of rotatable bonds is 4. The zero-order valence-electron chi connectivity index (χ0n) is 13.7. The predicted octanol–water partition coefficient (Wildman–Crippen LogP) is 1.58. The predicted molar refractivity (Wildman–Crippen MR) is 89.0 cm³/mol. The summed E-state index contributed by atoms with van der Waals surface area (Å²) in [6.07, 6.45) is 5.63. The van der Waals surface area contributed by atoms with Crippen LogP contribution in [0.25, 0.3) is 0 Å². The largest absolute Gasteiger partial charge is 0.364 e. The minimum atomic E-state index is -0.324. The molecule has 4 rings (SSSR count). The van der Waals surface area contributed by atoms with E-state index in [1.807, 2.05) is 4.90 Å². The summed E-state index contributed by atoms with van der Waals surface area (Å²) >= 11 is 0. The lowest BCUT2D eigenvalue weighted by Crippen LogP contribution is -2.44. The topological polar surface area (TPSA) is 94.5 Å². The average Bonchev–Trinajstić information content (AvgIpc) is 3.14. The molecule has 1 unspecified atom stereocenters. The van der Waals surface area contributed by atoms with E-state index < -0.39 is 0 Å². The van der Waals surface area contributed by atoms with Crippen molar-refractivity contribution in [3.8, 4) is 0 Å². The Morgan fingerprint density at radius 2 is 2.04 bits per heavy atom. The quantitative estimate of drug-likeness (QED) is 0.880. The van der Waals surface area contributed by atoms with Crippen molar-refractivity contribution in [3.05, 3.63) is 11.7 Å². The minimum Gasteiger partial charge on any atom is -0.364 e. The molecule has 2 N–H and O–H groups in total. The van der Waals surface area contributed by atoms with Crippen LogP contribution in [0.1, 0.15) is 62.1 Å². The number of hydrogen-bond acceptors (Lipinski definition) is 6. The maximum atomic E-state index is 12.7. The van der Waals surface area contributed by atoms with Crippen molar-refractivity contribution in [2.45, 2.75) is 62.6 Å². The summed E-state index contributed by atoms with van der Waals surface area (Å²) in [6, 6.07) is 0. The van der Waals surface area contributed by atoms with E-state index in [4.69, 9.17) is 15.0 Å². The Morgan fingerprint density at radius 3 is 2.75 bits per heavy atom. The molecule has 1 saturated carbocycles. The number of nitrogens with two attached hydrogens (primary N) is 1. The molecule has 0 spiro atoms. The van der Waals surface area contributed by atoms with Crippen molar-refractivity contribution in [2.75, 3.05) is 19.6 Å². The monoisotopic (exact) mass is 356 g/mol. The number of hydrogen-bond donors (Lipinski definition) is 1. The van der Waals surface area contributed by atoms with Crippen molar-refractivity contribution in [3.63, 3.8) is 0 Å². The van der Waals surface area contributed by atoms with Gasteiger partial charge in [0.2, 0.25) is 5.89 Å². The Balaban J connectivity index is 0.00000169. The highest BCUT2D eigenvalue weighted by Crippen LogP contribution is 2.39. The van der Waals surface area contributed by atoms with E-state index in [-0.39, 0.29) is 36.4 Å². The third-order valence-electron chi connectivity index (χ3n) is 5.13. The molecule has 134 valence electrons. The molecule has 7 nitrogen and oxygen atoms in total. The van der Waals surface area contributed by atoms with Gasteiger partial charge in [0.15, 0.2) is 5.82 Å². The minimum absolute atomic E-state index is 0. The molecule has 1 aliphatic carbocycles. The van der Waals surface area contributed by atoms with Gasteiger partial charge < -0.3 is 19.9 Å². The number of carbonyl (C=O) groups is 1. The molecule has 3 heterocycles. The van der Waals surface area contributed by atoms with E-state index in [0.29, 0.717) is 19.0 Å². The molecule has 2 aliphatic heterocycles. The van der Waals surface area contributed by atoms with Crippen LogP contribution in [0, 0.1) is 0 Å². The van der Waals surface area contributed by atoms with Crippen LogP contribution in [-0.2, 0) is 9.53 Å². The van der Waals surface area contributed by atoms with E-state index in [1.54, 1.807) is 0 Å². The lowest BCUT2D eigenvalue weighted by Gasteiger charge is -2.32. The van der Waals surface area contributed by atoms with Gasteiger partial charge in [-0.2, -0.15) is 4.98 Å². The van der Waals surface area contributed by atoms with Gasteiger partial charge in [0.25, 0.3) is 5.91 Å². The molecular formula is C16H25ClN4O3. The normalized spacial score (nSPS) is 30.2. The highest BCUT2D eigenvalue weighted by Gasteiger charge is 2.36. The molecule has 0 aromatic carbocycles. The van der Waals surface area contributed by atoms with Crippen molar-refractivity contribution in [1.29, 1.82) is 0 Å². The van der Waals surface area contributed by atoms with Crippen LogP contribution in [0.3, 0.4) is 0 Å². The van der Waals surface area contributed by atoms with E-state index in [2.05, 4.69) is 10.1 Å². The lowest BCUT2D eigenvalue weighted by molar-refractivity contribution is -0.144. The number of piperidine rings is 1. The van der Waals surface area contributed by atoms with Crippen molar-refractivity contribution in [2.24, 2.45) is 5.73 Å². The summed E-state index contributed by atoms with van der Waals surface area (Å²) in [6.45, 7) is 1.94. The maximum Gasteiger partial charge on any atom is 0.251 e. The first-order chi connectivity index (χ1) is 11.2. The van der Waals surface area contributed by atoms with Gasteiger partial charge in [-0.05, 0) is 38.5 Å². The Hall–Kier alpha value is -1.18. The van der Waals surface area contributed by atoms with Crippen LogP contribution in [0.4, 0.5) is 0 Å². The van der Waals surface area contributed by atoms with Gasteiger partial charge in [-0.25, -0.2) is 0 Å². The highest BCUT2D eigenvalue weighted by atomic mass is 35.5. The standard InChI is InChI=1S/C16H24N4O3.ClH/c17-8-12-5-6-13(22-12)16(21)20-7-1-2-11(9-20)14-18-15(23-19-14)10-3-4-10;/h10-13H,1-9,17H2;1H/t11?,12-,13+;/m1./s1. The molecule has 24 heavy (non-hydrogen) atoms. The highest BCUT2D eigenvalue weighted by molar-refractivity contribution is 5.85. The molecule has 1 amide bonds. The second-order valence-corrected chi connectivity index (χ2v) is 6.95. The van der Waals surface area contributed by atoms with Gasteiger partial charge >= 0.3 is 0 Å². The average molecular weight is 357 g/mol. The molecule has 0 radical (unpaired) electrons. The number of nitrogens with zero attached hydrogens (tertiary/aromatic N) is 3. The smallest absolute Gasteiger partial charge is 0.251 e. The Labute approximate surface area is 147 Å². The summed E-state index contributed by atoms with van der Waals surface area (Å²) in [5, 5.41) is 4.15. The maximum absolute atomic E-state index is 12.7. The second kappa shape index (κ2) is 7.37. The van der Waals surface area contributed by atoms with Gasteiger partial charge in [-0.3, -0.25) is 4.79 Å². The van der Waals surface area contributed by atoms with Gasteiger partial charge in [0.05, 0.1) is 6.10 Å². The molecule has 1 aromatic rings. The first-order valence-corrected chi connectivity index (χ1v) is 8.72. The molecule has 3 atom stereocenters. The zero-order chi connectivity index (χ0) is 15.8.